The highest BCUT2D eigenvalue weighted by Crippen LogP contribution is 2.43. The van der Waals surface area contributed by atoms with Crippen molar-refractivity contribution in [3.8, 4) is 0 Å². The molecule has 1 aliphatic carbocycles. The van der Waals surface area contributed by atoms with Gasteiger partial charge in [0.1, 0.15) is 0 Å². The Morgan fingerprint density at radius 2 is 1.47 bits per heavy atom. The largest absolute Gasteiger partial charge is 0.343 e. The van der Waals surface area contributed by atoms with Crippen molar-refractivity contribution in [1.82, 2.24) is 5.32 Å². The van der Waals surface area contributed by atoms with Crippen LogP contribution in [0.4, 0.5) is 11.4 Å². The number of nitrogens with one attached hydrogen (secondary N) is 1. The zero-order valence-electron chi connectivity index (χ0n) is 18.9. The van der Waals surface area contributed by atoms with Crippen molar-refractivity contribution in [2.45, 2.75) is 31.8 Å². The maximum absolute atomic E-state index is 13.7. The van der Waals surface area contributed by atoms with Crippen molar-refractivity contribution in [2.75, 3.05) is 16.3 Å². The van der Waals surface area contributed by atoms with Gasteiger partial charge in [-0.1, -0.05) is 67.1 Å². The van der Waals surface area contributed by atoms with E-state index in [1.54, 1.807) is 29.2 Å². The predicted octanol–water partition coefficient (Wildman–Crippen LogP) is 4.17. The molecule has 2 atom stereocenters. The van der Waals surface area contributed by atoms with Crippen LogP contribution in [-0.4, -0.2) is 30.3 Å². The lowest BCUT2D eigenvalue weighted by Gasteiger charge is -2.30. The maximum Gasteiger partial charge on any atom is 0.251 e. The molecule has 0 spiro atoms. The number of carbonyl (C=O) groups is 3. The summed E-state index contributed by atoms with van der Waals surface area (Å²) in [7, 11) is 0. The Hall–Kier alpha value is -3.93. The molecule has 1 fully saturated rings. The minimum atomic E-state index is -0.290. The SMILES string of the molecule is O=C(NCC(=O)N1c2ccccc2N(Cc2ccccc2)C(=O)[C@H]2CCC[C@H]21)c1ccccc1. The summed E-state index contributed by atoms with van der Waals surface area (Å²) < 4.78 is 0. The molecule has 1 N–H and O–H groups in total. The molecular formula is C28H27N3O3. The molecule has 0 aromatic heterocycles. The highest BCUT2D eigenvalue weighted by atomic mass is 16.2. The molecule has 2 aliphatic rings. The van der Waals surface area contributed by atoms with Gasteiger partial charge in [0, 0.05) is 11.6 Å². The van der Waals surface area contributed by atoms with E-state index >= 15 is 0 Å². The standard InChI is InChI=1S/C28H27N3O3/c32-26(18-29-27(33)21-12-5-2-6-13-21)31-23-17-9-14-22(23)28(34)30(19-20-10-3-1-4-11-20)24-15-7-8-16-25(24)31/h1-8,10-13,15-16,22-23H,9,14,17-19H2,(H,29,33)/t22-,23+/m0/s1. The van der Waals surface area contributed by atoms with Crippen LogP contribution in [0.25, 0.3) is 0 Å². The molecule has 3 aromatic carbocycles. The maximum atomic E-state index is 13.7. The third kappa shape index (κ3) is 4.19. The van der Waals surface area contributed by atoms with Crippen molar-refractivity contribution in [2.24, 2.45) is 5.92 Å². The highest BCUT2D eigenvalue weighted by Gasteiger charge is 2.45. The molecular weight excluding hydrogens is 426 g/mol. The number of benzene rings is 3. The van der Waals surface area contributed by atoms with Crippen LogP contribution in [0.3, 0.4) is 0 Å². The molecule has 6 heteroatoms. The second-order valence-corrected chi connectivity index (χ2v) is 8.82. The Kier molecular flexibility index (Phi) is 6.12. The molecule has 34 heavy (non-hydrogen) atoms. The van der Waals surface area contributed by atoms with E-state index in [0.717, 1.165) is 36.2 Å². The van der Waals surface area contributed by atoms with Crippen LogP contribution in [0.5, 0.6) is 0 Å². The van der Waals surface area contributed by atoms with Crippen molar-refractivity contribution in [3.05, 3.63) is 96.1 Å². The van der Waals surface area contributed by atoms with E-state index in [1.165, 1.54) is 0 Å². The minimum absolute atomic E-state index is 0.0578. The van der Waals surface area contributed by atoms with Gasteiger partial charge in [0.15, 0.2) is 0 Å². The molecule has 0 bridgehead atoms. The molecule has 0 radical (unpaired) electrons. The first-order valence-electron chi connectivity index (χ1n) is 11.7. The van der Waals surface area contributed by atoms with E-state index in [-0.39, 0.29) is 36.2 Å². The fourth-order valence-corrected chi connectivity index (χ4v) is 5.11. The van der Waals surface area contributed by atoms with E-state index in [9.17, 15) is 14.4 Å². The van der Waals surface area contributed by atoms with Gasteiger partial charge in [-0.25, -0.2) is 0 Å². The third-order valence-electron chi connectivity index (χ3n) is 6.71. The molecule has 0 saturated heterocycles. The summed E-state index contributed by atoms with van der Waals surface area (Å²) in [5.74, 6) is -0.697. The number of hydrogen-bond acceptors (Lipinski definition) is 3. The summed E-state index contributed by atoms with van der Waals surface area (Å²) in [6, 6.07) is 26.1. The second-order valence-electron chi connectivity index (χ2n) is 8.82. The summed E-state index contributed by atoms with van der Waals surface area (Å²) in [5, 5.41) is 2.76. The third-order valence-corrected chi connectivity index (χ3v) is 6.71. The van der Waals surface area contributed by atoms with Crippen LogP contribution in [-0.2, 0) is 16.1 Å². The molecule has 6 nitrogen and oxygen atoms in total. The summed E-state index contributed by atoms with van der Waals surface area (Å²) >= 11 is 0. The number of nitrogens with zero attached hydrogens (tertiary/aromatic N) is 2. The first-order valence-corrected chi connectivity index (χ1v) is 11.7. The minimum Gasteiger partial charge on any atom is -0.343 e. The van der Waals surface area contributed by atoms with Gasteiger partial charge < -0.3 is 15.1 Å². The van der Waals surface area contributed by atoms with Crippen LogP contribution < -0.4 is 15.1 Å². The summed E-state index contributed by atoms with van der Waals surface area (Å²) in [4.78, 5) is 43.4. The lowest BCUT2D eigenvalue weighted by molar-refractivity contribution is -0.123. The van der Waals surface area contributed by atoms with Gasteiger partial charge in [0.2, 0.25) is 11.8 Å². The fraction of sp³-hybridized carbons (Fsp3) is 0.250. The topological polar surface area (TPSA) is 69.7 Å². The first kappa shape index (κ1) is 21.9. The van der Waals surface area contributed by atoms with Crippen LogP contribution in [0.15, 0.2) is 84.9 Å². The van der Waals surface area contributed by atoms with Crippen molar-refractivity contribution in [3.63, 3.8) is 0 Å². The number of para-hydroxylation sites is 2. The average molecular weight is 454 g/mol. The fourth-order valence-electron chi connectivity index (χ4n) is 5.11. The zero-order valence-corrected chi connectivity index (χ0v) is 18.9. The molecule has 172 valence electrons. The molecule has 1 heterocycles. The summed E-state index contributed by atoms with van der Waals surface area (Å²) in [6.07, 6.45) is 2.41. The molecule has 0 unspecified atom stereocenters. The number of hydrogen-bond donors (Lipinski definition) is 1. The second kappa shape index (κ2) is 9.51. The van der Waals surface area contributed by atoms with Crippen molar-refractivity contribution >= 4 is 29.1 Å². The molecule has 3 aromatic rings. The number of amides is 3. The summed E-state index contributed by atoms with van der Waals surface area (Å²) in [5.41, 5.74) is 3.00. The van der Waals surface area contributed by atoms with Crippen LogP contribution in [0, 0.1) is 5.92 Å². The number of carbonyl (C=O) groups excluding carboxylic acids is 3. The Labute approximate surface area is 199 Å². The molecule has 5 rings (SSSR count). The van der Waals surface area contributed by atoms with E-state index in [2.05, 4.69) is 5.32 Å². The van der Waals surface area contributed by atoms with Gasteiger partial charge in [-0.2, -0.15) is 0 Å². The van der Waals surface area contributed by atoms with E-state index in [1.807, 2.05) is 65.6 Å². The quantitative estimate of drug-likeness (QED) is 0.631. The normalized spacial score (nSPS) is 19.2. The number of anilines is 2. The van der Waals surface area contributed by atoms with Gasteiger partial charge in [0.05, 0.1) is 30.4 Å². The van der Waals surface area contributed by atoms with Gasteiger partial charge >= 0.3 is 0 Å². The number of rotatable bonds is 5. The Balaban J connectivity index is 1.46. The number of fused-ring (bicyclic) bond motifs is 2. The van der Waals surface area contributed by atoms with E-state index in [4.69, 9.17) is 0 Å². The smallest absolute Gasteiger partial charge is 0.251 e. The monoisotopic (exact) mass is 453 g/mol. The molecule has 3 amide bonds. The summed E-state index contributed by atoms with van der Waals surface area (Å²) in [6.45, 7) is 0.324. The highest BCUT2D eigenvalue weighted by molar-refractivity contribution is 6.08. The van der Waals surface area contributed by atoms with Crippen LogP contribution >= 0.6 is 0 Å². The Morgan fingerprint density at radius 1 is 0.824 bits per heavy atom. The van der Waals surface area contributed by atoms with Gasteiger partial charge in [-0.05, 0) is 42.7 Å². The Morgan fingerprint density at radius 3 is 2.21 bits per heavy atom. The van der Waals surface area contributed by atoms with Crippen molar-refractivity contribution < 1.29 is 14.4 Å². The first-order chi connectivity index (χ1) is 16.6. The lowest BCUT2D eigenvalue weighted by atomic mass is 10.0. The van der Waals surface area contributed by atoms with Gasteiger partial charge in [-0.15, -0.1) is 0 Å². The zero-order chi connectivity index (χ0) is 23.5. The Bertz CT molecular complexity index is 1200. The van der Waals surface area contributed by atoms with Crippen LogP contribution in [0.2, 0.25) is 0 Å². The lowest BCUT2D eigenvalue weighted by Crippen LogP contribution is -2.48. The van der Waals surface area contributed by atoms with E-state index < -0.39 is 0 Å². The van der Waals surface area contributed by atoms with Gasteiger partial charge in [0.25, 0.3) is 5.91 Å². The van der Waals surface area contributed by atoms with Gasteiger partial charge in [-0.3, -0.25) is 14.4 Å². The molecule has 1 aliphatic heterocycles. The van der Waals surface area contributed by atoms with Crippen LogP contribution in [0.1, 0.15) is 35.2 Å². The predicted molar refractivity (Wildman–Crippen MR) is 131 cm³/mol. The van der Waals surface area contributed by atoms with Crippen molar-refractivity contribution in [1.29, 1.82) is 0 Å². The molecule has 1 saturated carbocycles. The van der Waals surface area contributed by atoms with E-state index in [0.29, 0.717) is 12.1 Å². The average Bonchev–Trinajstić information content (AvgIpc) is 3.33.